The quantitative estimate of drug-likeness (QED) is 0.744. The topological polar surface area (TPSA) is 70.7 Å². The maximum absolute atomic E-state index is 12.7. The molecule has 0 spiro atoms. The van der Waals surface area contributed by atoms with Crippen LogP contribution < -0.4 is 15.5 Å². The van der Waals surface area contributed by atoms with Crippen molar-refractivity contribution in [2.45, 2.75) is 33.1 Å². The van der Waals surface area contributed by atoms with Crippen molar-refractivity contribution in [2.75, 3.05) is 43.6 Å². The van der Waals surface area contributed by atoms with Crippen LogP contribution in [0.5, 0.6) is 0 Å². The lowest BCUT2D eigenvalue weighted by Gasteiger charge is -2.33. The molecule has 0 atom stereocenters. The number of ether oxygens (including phenoxy) is 1. The fourth-order valence-corrected chi connectivity index (χ4v) is 3.04. The highest BCUT2D eigenvalue weighted by Crippen LogP contribution is 2.28. The van der Waals surface area contributed by atoms with Gasteiger partial charge < -0.3 is 20.3 Å². The predicted molar refractivity (Wildman–Crippen MR) is 100 cm³/mol. The summed E-state index contributed by atoms with van der Waals surface area (Å²) < 4.78 is 5.01. The highest BCUT2D eigenvalue weighted by Gasteiger charge is 2.21. The molecule has 2 N–H and O–H groups in total. The highest BCUT2D eigenvalue weighted by molar-refractivity contribution is 6.02. The van der Waals surface area contributed by atoms with Gasteiger partial charge in [0.05, 0.1) is 5.56 Å². The van der Waals surface area contributed by atoms with Gasteiger partial charge in [0, 0.05) is 51.6 Å². The van der Waals surface area contributed by atoms with Crippen LogP contribution in [0.15, 0.2) is 18.2 Å². The van der Waals surface area contributed by atoms with Gasteiger partial charge in [0.2, 0.25) is 5.91 Å². The zero-order valence-corrected chi connectivity index (χ0v) is 15.4. The normalized spacial score (nSPS) is 15.1. The molecule has 2 rings (SSSR count). The van der Waals surface area contributed by atoms with Gasteiger partial charge in [-0.2, -0.15) is 0 Å². The van der Waals surface area contributed by atoms with Gasteiger partial charge in [0.1, 0.15) is 0 Å². The van der Waals surface area contributed by atoms with Gasteiger partial charge in [0.25, 0.3) is 5.91 Å². The number of hydrogen-bond donors (Lipinski definition) is 2. The van der Waals surface area contributed by atoms with E-state index in [1.165, 1.54) is 6.92 Å². The van der Waals surface area contributed by atoms with Crippen molar-refractivity contribution < 1.29 is 14.3 Å². The third-order valence-corrected chi connectivity index (χ3v) is 4.50. The second-order valence-electron chi connectivity index (χ2n) is 6.68. The number of methoxy groups -OCH3 is 1. The molecule has 1 heterocycles. The molecule has 1 aromatic rings. The van der Waals surface area contributed by atoms with E-state index in [0.29, 0.717) is 24.4 Å². The van der Waals surface area contributed by atoms with Crippen LogP contribution in [0.1, 0.15) is 43.5 Å². The first kappa shape index (κ1) is 19.2. The summed E-state index contributed by atoms with van der Waals surface area (Å²) in [5.74, 6) is 0.462. The van der Waals surface area contributed by atoms with Crippen LogP contribution in [0.2, 0.25) is 0 Å². The standard InChI is InChI=1S/C19H29N3O3/c1-14-7-10-22(11-8-14)18-6-5-16(21-15(2)23)13-17(18)19(24)20-9-4-12-25-3/h5-6,13-14H,4,7-12H2,1-3H3,(H,20,24)(H,21,23). The van der Waals surface area contributed by atoms with E-state index in [4.69, 9.17) is 4.74 Å². The first-order valence-electron chi connectivity index (χ1n) is 8.95. The van der Waals surface area contributed by atoms with Crippen LogP contribution in [-0.4, -0.2) is 45.2 Å². The fourth-order valence-electron chi connectivity index (χ4n) is 3.04. The molecule has 1 saturated heterocycles. The molecule has 0 unspecified atom stereocenters. The Morgan fingerprint density at radius 2 is 2.00 bits per heavy atom. The van der Waals surface area contributed by atoms with Crippen molar-refractivity contribution in [3.05, 3.63) is 23.8 Å². The third kappa shape index (κ3) is 5.74. The van der Waals surface area contributed by atoms with Gasteiger partial charge >= 0.3 is 0 Å². The molecule has 2 amide bonds. The number of carbonyl (C=O) groups excluding carboxylic acids is 2. The lowest BCUT2D eigenvalue weighted by molar-refractivity contribution is -0.114. The SMILES string of the molecule is COCCCNC(=O)c1cc(NC(C)=O)ccc1N1CCC(C)CC1. The minimum absolute atomic E-state index is 0.114. The van der Waals surface area contributed by atoms with E-state index >= 15 is 0 Å². The Hall–Kier alpha value is -2.08. The Morgan fingerprint density at radius 3 is 2.64 bits per heavy atom. The number of carbonyl (C=O) groups is 2. The molecule has 6 heteroatoms. The molecule has 0 aromatic heterocycles. The first-order chi connectivity index (χ1) is 12.0. The third-order valence-electron chi connectivity index (χ3n) is 4.50. The Kier molecular flexibility index (Phi) is 7.25. The van der Waals surface area contributed by atoms with E-state index in [9.17, 15) is 9.59 Å². The van der Waals surface area contributed by atoms with Crippen LogP contribution in [-0.2, 0) is 9.53 Å². The number of rotatable bonds is 7. The van der Waals surface area contributed by atoms with Crippen LogP contribution in [0.25, 0.3) is 0 Å². The van der Waals surface area contributed by atoms with Crippen molar-refractivity contribution >= 4 is 23.2 Å². The van der Waals surface area contributed by atoms with Gasteiger partial charge in [-0.15, -0.1) is 0 Å². The molecule has 0 radical (unpaired) electrons. The van der Waals surface area contributed by atoms with Crippen LogP contribution in [0.3, 0.4) is 0 Å². The van der Waals surface area contributed by atoms with Crippen molar-refractivity contribution in [1.29, 1.82) is 0 Å². The van der Waals surface area contributed by atoms with Gasteiger partial charge in [-0.05, 0) is 43.4 Å². The molecule has 0 bridgehead atoms. The van der Waals surface area contributed by atoms with Crippen LogP contribution in [0.4, 0.5) is 11.4 Å². The number of anilines is 2. The van der Waals surface area contributed by atoms with Crippen molar-refractivity contribution in [1.82, 2.24) is 5.32 Å². The monoisotopic (exact) mass is 347 g/mol. The molecule has 0 aliphatic carbocycles. The zero-order chi connectivity index (χ0) is 18.2. The minimum Gasteiger partial charge on any atom is -0.385 e. The molecule has 1 aromatic carbocycles. The van der Waals surface area contributed by atoms with E-state index in [0.717, 1.165) is 44.0 Å². The van der Waals surface area contributed by atoms with E-state index < -0.39 is 0 Å². The zero-order valence-electron chi connectivity index (χ0n) is 15.4. The molecule has 1 aliphatic heterocycles. The first-order valence-corrected chi connectivity index (χ1v) is 8.95. The Labute approximate surface area is 149 Å². The maximum Gasteiger partial charge on any atom is 0.253 e. The highest BCUT2D eigenvalue weighted by atomic mass is 16.5. The maximum atomic E-state index is 12.7. The van der Waals surface area contributed by atoms with Gasteiger partial charge in [0.15, 0.2) is 0 Å². The second kappa shape index (κ2) is 9.42. The van der Waals surface area contributed by atoms with Crippen LogP contribution in [0, 0.1) is 5.92 Å². The van der Waals surface area contributed by atoms with Crippen molar-refractivity contribution in [2.24, 2.45) is 5.92 Å². The average molecular weight is 347 g/mol. The fraction of sp³-hybridized carbons (Fsp3) is 0.579. The van der Waals surface area contributed by atoms with Gasteiger partial charge in [-0.1, -0.05) is 6.92 Å². The van der Waals surface area contributed by atoms with Crippen LogP contribution >= 0.6 is 0 Å². The van der Waals surface area contributed by atoms with E-state index in [1.807, 2.05) is 12.1 Å². The number of nitrogens with one attached hydrogen (secondary N) is 2. The summed E-state index contributed by atoms with van der Waals surface area (Å²) in [6.45, 7) is 6.80. The van der Waals surface area contributed by atoms with E-state index in [-0.39, 0.29) is 11.8 Å². The Bertz CT molecular complexity index is 596. The predicted octanol–water partition coefficient (Wildman–Crippen LogP) is 2.65. The Morgan fingerprint density at radius 1 is 1.28 bits per heavy atom. The summed E-state index contributed by atoms with van der Waals surface area (Å²) >= 11 is 0. The second-order valence-corrected chi connectivity index (χ2v) is 6.68. The number of nitrogens with zero attached hydrogens (tertiary/aromatic N) is 1. The minimum atomic E-state index is -0.147. The molecule has 25 heavy (non-hydrogen) atoms. The van der Waals surface area contributed by atoms with E-state index in [1.54, 1.807) is 13.2 Å². The summed E-state index contributed by atoms with van der Waals surface area (Å²) in [7, 11) is 1.65. The van der Waals surface area contributed by atoms with Crippen molar-refractivity contribution in [3.8, 4) is 0 Å². The number of piperidine rings is 1. The lowest BCUT2D eigenvalue weighted by Crippen LogP contribution is -2.35. The van der Waals surface area contributed by atoms with E-state index in [2.05, 4.69) is 22.5 Å². The summed E-state index contributed by atoms with van der Waals surface area (Å²) in [4.78, 5) is 26.3. The smallest absolute Gasteiger partial charge is 0.253 e. The molecular weight excluding hydrogens is 318 g/mol. The molecule has 0 saturated carbocycles. The molecule has 1 aliphatic rings. The molecule has 138 valence electrons. The Balaban J connectivity index is 2.18. The molecular formula is C19H29N3O3. The number of hydrogen-bond acceptors (Lipinski definition) is 4. The molecule has 6 nitrogen and oxygen atoms in total. The van der Waals surface area contributed by atoms with Gasteiger partial charge in [-0.25, -0.2) is 0 Å². The van der Waals surface area contributed by atoms with Gasteiger partial charge in [-0.3, -0.25) is 9.59 Å². The average Bonchev–Trinajstić information content (AvgIpc) is 2.59. The summed E-state index contributed by atoms with van der Waals surface area (Å²) in [6.07, 6.45) is 3.02. The molecule has 1 fully saturated rings. The number of benzene rings is 1. The number of amides is 2. The lowest BCUT2D eigenvalue weighted by atomic mass is 9.97. The largest absolute Gasteiger partial charge is 0.385 e. The summed E-state index contributed by atoms with van der Waals surface area (Å²) in [5.41, 5.74) is 2.19. The summed E-state index contributed by atoms with van der Waals surface area (Å²) in [5, 5.41) is 5.70. The van der Waals surface area contributed by atoms with Crippen molar-refractivity contribution in [3.63, 3.8) is 0 Å². The summed E-state index contributed by atoms with van der Waals surface area (Å²) in [6, 6.07) is 5.56.